The van der Waals surface area contributed by atoms with Gasteiger partial charge in [-0.1, -0.05) is 60.7 Å². The van der Waals surface area contributed by atoms with Gasteiger partial charge in [-0.15, -0.1) is 0 Å². The number of carboxylic acid groups (broad SMARTS) is 1. The molecule has 2 aromatic carbocycles. The number of benzene rings is 2. The quantitative estimate of drug-likeness (QED) is 0.132. The molecule has 2 N–H and O–H groups in total. The van der Waals surface area contributed by atoms with Gasteiger partial charge in [0.2, 0.25) is 0 Å². The van der Waals surface area contributed by atoms with Crippen molar-refractivity contribution in [3.63, 3.8) is 0 Å². The molecule has 2 aromatic rings. The lowest BCUT2D eigenvalue weighted by Gasteiger charge is -2.05. The van der Waals surface area contributed by atoms with Crippen LogP contribution >= 0.6 is 90.9 Å². The van der Waals surface area contributed by atoms with Gasteiger partial charge in [0.25, 0.3) is 0 Å². The Morgan fingerprint density at radius 3 is 1.73 bits per heavy atom. The molecule has 0 bridgehead atoms. The third-order valence-corrected chi connectivity index (χ3v) is 6.39. The summed E-state index contributed by atoms with van der Waals surface area (Å²) in [5, 5.41) is 17.6. The summed E-state index contributed by atoms with van der Waals surface area (Å²) in [5.74, 6) is -2.89. The minimum Gasteiger partial charge on any atom is -0.478 e. The van der Waals surface area contributed by atoms with Gasteiger partial charge >= 0.3 is 5.97 Å². The monoisotopic (exact) mass is 648 g/mol. The summed E-state index contributed by atoms with van der Waals surface area (Å²) in [6, 6.07) is 1.93. The van der Waals surface area contributed by atoms with Crippen LogP contribution in [0, 0.1) is 11.6 Å². The van der Waals surface area contributed by atoms with E-state index in [4.69, 9.17) is 56.6 Å². The Bertz CT molecular complexity index is 850. The highest BCUT2D eigenvalue weighted by Gasteiger charge is 2.19. The highest BCUT2D eigenvalue weighted by molar-refractivity contribution is 9.11. The van der Waals surface area contributed by atoms with E-state index < -0.39 is 29.8 Å². The molecule has 0 aromatic heterocycles. The van der Waals surface area contributed by atoms with E-state index in [2.05, 4.69) is 52.3 Å². The molecule has 0 fully saturated rings. The van der Waals surface area contributed by atoms with Crippen LogP contribution in [-0.2, 0) is 6.61 Å². The van der Waals surface area contributed by atoms with E-state index in [0.717, 1.165) is 12.1 Å². The number of carboxylic acids is 1. The van der Waals surface area contributed by atoms with Gasteiger partial charge < -0.3 is 10.2 Å². The second-order valence-electron chi connectivity index (χ2n) is 4.25. The van der Waals surface area contributed by atoms with Gasteiger partial charge in [0.1, 0.15) is 17.2 Å². The largest absolute Gasteiger partial charge is 0.478 e. The van der Waals surface area contributed by atoms with Gasteiger partial charge in [0.15, 0.2) is 0 Å². The SMILES string of the molecule is C.CS.O=C(O)c1c(F)cc(Cl)c(Cl)c1Br.OCc1c(F)cc(Cl)c(Cl)c1Br.[B]C. The Kier molecular flexibility index (Phi) is 20.7. The molecule has 0 saturated heterocycles. The van der Waals surface area contributed by atoms with Crippen molar-refractivity contribution in [3.05, 3.63) is 63.9 Å². The predicted molar refractivity (Wildman–Crippen MR) is 134 cm³/mol. The number of hydrogen-bond acceptors (Lipinski definition) is 3. The van der Waals surface area contributed by atoms with Gasteiger partial charge in [-0.05, 0) is 50.2 Å². The van der Waals surface area contributed by atoms with Crippen LogP contribution in [0.3, 0.4) is 0 Å². The number of halogens is 8. The van der Waals surface area contributed by atoms with E-state index in [1.165, 1.54) is 6.82 Å². The van der Waals surface area contributed by atoms with Crippen LogP contribution < -0.4 is 0 Å². The molecule has 13 heteroatoms. The molecular formula is C17H17BBr2Cl4F2O3S. The van der Waals surface area contributed by atoms with Crippen molar-refractivity contribution in [2.24, 2.45) is 0 Å². The van der Waals surface area contributed by atoms with Crippen LogP contribution in [0.1, 0.15) is 23.3 Å². The average molecular weight is 652 g/mol. The Morgan fingerprint density at radius 2 is 1.37 bits per heavy atom. The van der Waals surface area contributed by atoms with Crippen molar-refractivity contribution < 1.29 is 23.8 Å². The number of aliphatic hydroxyl groups excluding tert-OH is 1. The minimum atomic E-state index is -1.40. The summed E-state index contributed by atoms with van der Waals surface area (Å²) in [6.07, 6.45) is 1.69. The van der Waals surface area contributed by atoms with Crippen molar-refractivity contribution in [2.45, 2.75) is 20.9 Å². The fourth-order valence-electron chi connectivity index (χ4n) is 1.51. The second kappa shape index (κ2) is 17.8. The number of aliphatic hydroxyl groups is 1. The fraction of sp³-hybridized carbons (Fsp3) is 0.235. The third-order valence-electron chi connectivity index (χ3n) is 2.70. The summed E-state index contributed by atoms with van der Waals surface area (Å²) in [4.78, 5) is 10.5. The molecule has 0 spiro atoms. The molecule has 0 saturated carbocycles. The summed E-state index contributed by atoms with van der Waals surface area (Å²) >= 11 is 31.7. The number of aromatic carboxylic acids is 1. The van der Waals surface area contributed by atoms with Crippen LogP contribution in [0.4, 0.5) is 8.78 Å². The molecule has 0 unspecified atom stereocenters. The molecule has 0 aliphatic heterocycles. The molecule has 0 aliphatic carbocycles. The number of rotatable bonds is 2. The first-order valence-corrected chi connectivity index (χ1v) is 11.0. The average Bonchev–Trinajstić information content (AvgIpc) is 2.68. The molecule has 0 aliphatic rings. The maximum atomic E-state index is 13.0. The Labute approximate surface area is 218 Å². The molecule has 168 valence electrons. The molecule has 0 atom stereocenters. The zero-order valence-corrected chi connectivity index (χ0v) is 21.8. The number of hydrogen-bond donors (Lipinski definition) is 3. The second-order valence-corrected chi connectivity index (χ2v) is 7.41. The van der Waals surface area contributed by atoms with Crippen molar-refractivity contribution in [1.29, 1.82) is 0 Å². The zero-order valence-electron chi connectivity index (χ0n) is 14.7. The third kappa shape index (κ3) is 9.82. The molecule has 3 nitrogen and oxygen atoms in total. The number of thiol groups is 1. The first-order valence-electron chi connectivity index (χ1n) is 7.04. The van der Waals surface area contributed by atoms with Gasteiger partial charge in [-0.3, -0.25) is 0 Å². The number of carbonyl (C=O) groups is 1. The lowest BCUT2D eigenvalue weighted by molar-refractivity contribution is 0.0691. The molecule has 0 heterocycles. The minimum absolute atomic E-state index is 0. The summed E-state index contributed by atoms with van der Waals surface area (Å²) < 4.78 is 26.2. The Morgan fingerprint density at radius 1 is 1.00 bits per heavy atom. The van der Waals surface area contributed by atoms with E-state index in [1.54, 1.807) is 6.26 Å². The smallest absolute Gasteiger partial charge is 0.339 e. The normalized spacial score (nSPS) is 8.93. The summed E-state index contributed by atoms with van der Waals surface area (Å²) in [7, 11) is 4.50. The maximum absolute atomic E-state index is 13.0. The van der Waals surface area contributed by atoms with E-state index in [9.17, 15) is 13.6 Å². The van der Waals surface area contributed by atoms with Crippen LogP contribution in [0.2, 0.25) is 26.9 Å². The van der Waals surface area contributed by atoms with Crippen molar-refractivity contribution in [1.82, 2.24) is 0 Å². The highest BCUT2D eigenvalue weighted by Crippen LogP contribution is 2.35. The van der Waals surface area contributed by atoms with Gasteiger partial charge in [-0.25, -0.2) is 13.6 Å². The van der Waals surface area contributed by atoms with Gasteiger partial charge in [0, 0.05) is 10.0 Å². The van der Waals surface area contributed by atoms with Crippen molar-refractivity contribution in [2.75, 3.05) is 6.26 Å². The lowest BCUT2D eigenvalue weighted by atomic mass is 10.2. The zero-order chi connectivity index (χ0) is 23.5. The molecule has 30 heavy (non-hydrogen) atoms. The highest BCUT2D eigenvalue weighted by atomic mass is 79.9. The van der Waals surface area contributed by atoms with Crippen molar-refractivity contribution >= 4 is 105 Å². The van der Waals surface area contributed by atoms with Gasteiger partial charge in [-0.2, -0.15) is 12.6 Å². The Balaban J connectivity index is -0.000000406. The van der Waals surface area contributed by atoms with Gasteiger partial charge in [0.05, 0.1) is 39.0 Å². The molecule has 0 amide bonds. The summed E-state index contributed by atoms with van der Waals surface area (Å²) in [6.45, 7) is 1.09. The fourth-order valence-corrected chi connectivity index (χ4v) is 3.54. The lowest BCUT2D eigenvalue weighted by Crippen LogP contribution is -2.02. The van der Waals surface area contributed by atoms with E-state index >= 15 is 0 Å². The van der Waals surface area contributed by atoms with Crippen molar-refractivity contribution in [3.8, 4) is 0 Å². The van der Waals surface area contributed by atoms with E-state index in [-0.39, 0.29) is 37.6 Å². The first kappa shape index (κ1) is 34.9. The van der Waals surface area contributed by atoms with Crippen LogP contribution in [0.25, 0.3) is 0 Å². The van der Waals surface area contributed by atoms with Crippen LogP contribution in [0.15, 0.2) is 21.1 Å². The predicted octanol–water partition coefficient (Wildman–Crippen LogP) is 8.37. The Hall–Kier alpha value is 0.265. The standard InChI is InChI=1S/C7H2BrCl2FO2.C7H4BrCl2FO.CH3B.CH4S.CH4/c8-5-4(7(12)13)3(11)1-2(9)6(5)10;8-6-3(2-12)5(11)1-4(9)7(6)10;2*1-2;/h1H,(H,12,13);1,12H,2H2;1H3;2H,1H3;1H4. The molecular weight excluding hydrogens is 635 g/mol. The molecule has 2 radical (unpaired) electrons. The van der Waals surface area contributed by atoms with E-state index in [0.29, 0.717) is 4.47 Å². The maximum Gasteiger partial charge on any atom is 0.339 e. The first-order chi connectivity index (χ1) is 13.5. The summed E-state index contributed by atoms with van der Waals surface area (Å²) in [5.41, 5.74) is -0.404. The van der Waals surface area contributed by atoms with Crippen LogP contribution in [-0.4, -0.2) is 30.3 Å². The van der Waals surface area contributed by atoms with E-state index in [1.807, 2.05) is 0 Å². The van der Waals surface area contributed by atoms with Crippen LogP contribution in [0.5, 0.6) is 0 Å². The molecule has 2 rings (SSSR count). The topological polar surface area (TPSA) is 57.5 Å².